The van der Waals surface area contributed by atoms with Crippen LogP contribution in [0.25, 0.3) is 17.0 Å². The normalized spacial score (nSPS) is 10.8. The molecule has 0 bridgehead atoms. The standard InChI is InChI=1S/C27H22O8/c1-30-18-6-8-19(9-7-18)34-25-16-33-23-15-20(10-11-21(23)27(25)29)35-26(28)13-5-17-4-12-22(31-2)24(14-17)32-3/h4-16H,1-3H3. The van der Waals surface area contributed by atoms with Crippen LogP contribution >= 0.6 is 0 Å². The monoisotopic (exact) mass is 474 g/mol. The molecular formula is C27H22O8. The smallest absolute Gasteiger partial charge is 0.336 e. The lowest BCUT2D eigenvalue weighted by atomic mass is 10.2. The Bertz CT molecular complexity index is 1430. The summed E-state index contributed by atoms with van der Waals surface area (Å²) in [5, 5.41) is 0.289. The number of fused-ring (bicyclic) bond motifs is 1. The number of carbonyl (C=O) groups excluding carboxylic acids is 1. The van der Waals surface area contributed by atoms with E-state index in [-0.39, 0.29) is 27.9 Å². The Balaban J connectivity index is 1.47. The van der Waals surface area contributed by atoms with E-state index < -0.39 is 5.97 Å². The van der Waals surface area contributed by atoms with E-state index in [0.29, 0.717) is 23.0 Å². The molecule has 3 aromatic carbocycles. The molecule has 0 N–H and O–H groups in total. The average Bonchev–Trinajstić information content (AvgIpc) is 2.89. The Morgan fingerprint density at radius 1 is 0.771 bits per heavy atom. The van der Waals surface area contributed by atoms with E-state index in [4.69, 9.17) is 28.1 Å². The van der Waals surface area contributed by atoms with Crippen molar-refractivity contribution in [1.82, 2.24) is 0 Å². The molecule has 0 unspecified atom stereocenters. The Kier molecular flexibility index (Phi) is 7.02. The minimum atomic E-state index is -0.596. The van der Waals surface area contributed by atoms with Crippen LogP contribution in [0.2, 0.25) is 0 Å². The number of esters is 1. The molecule has 4 rings (SSSR count). The lowest BCUT2D eigenvalue weighted by molar-refractivity contribution is -0.128. The van der Waals surface area contributed by atoms with Gasteiger partial charge in [0.1, 0.15) is 29.1 Å². The molecule has 0 aliphatic rings. The van der Waals surface area contributed by atoms with Gasteiger partial charge < -0.3 is 28.1 Å². The van der Waals surface area contributed by atoms with Crippen LogP contribution in [-0.4, -0.2) is 27.3 Å². The van der Waals surface area contributed by atoms with E-state index in [9.17, 15) is 9.59 Å². The van der Waals surface area contributed by atoms with Gasteiger partial charge in [0.25, 0.3) is 0 Å². The summed E-state index contributed by atoms with van der Waals surface area (Å²) in [6, 6.07) is 16.6. The molecule has 35 heavy (non-hydrogen) atoms. The maximum atomic E-state index is 12.8. The Morgan fingerprint density at radius 2 is 1.49 bits per heavy atom. The molecular weight excluding hydrogens is 452 g/mol. The third-order valence-electron chi connectivity index (χ3n) is 5.04. The second-order valence-corrected chi connectivity index (χ2v) is 7.23. The van der Waals surface area contributed by atoms with Gasteiger partial charge >= 0.3 is 5.97 Å². The van der Waals surface area contributed by atoms with Crippen LogP contribution in [0, 0.1) is 0 Å². The quantitative estimate of drug-likeness (QED) is 0.195. The van der Waals surface area contributed by atoms with Crippen molar-refractivity contribution in [2.24, 2.45) is 0 Å². The highest BCUT2D eigenvalue weighted by Gasteiger charge is 2.12. The van der Waals surface area contributed by atoms with Crippen molar-refractivity contribution in [1.29, 1.82) is 0 Å². The third kappa shape index (κ3) is 5.44. The molecule has 8 heteroatoms. The van der Waals surface area contributed by atoms with E-state index in [0.717, 1.165) is 5.56 Å². The first-order valence-corrected chi connectivity index (χ1v) is 10.5. The van der Waals surface area contributed by atoms with Gasteiger partial charge in [0.2, 0.25) is 11.2 Å². The number of ether oxygens (including phenoxy) is 5. The number of hydrogen-bond acceptors (Lipinski definition) is 8. The summed E-state index contributed by atoms with van der Waals surface area (Å²) in [6.45, 7) is 0. The molecule has 0 aliphatic carbocycles. The largest absolute Gasteiger partial charge is 0.497 e. The Morgan fingerprint density at radius 3 is 2.20 bits per heavy atom. The lowest BCUT2D eigenvalue weighted by Crippen LogP contribution is -2.06. The molecule has 0 fully saturated rings. The Hall–Kier alpha value is -4.72. The summed E-state index contributed by atoms with van der Waals surface area (Å²) in [5.74, 6) is 1.93. The minimum Gasteiger partial charge on any atom is -0.497 e. The van der Waals surface area contributed by atoms with E-state index in [1.165, 1.54) is 37.6 Å². The fourth-order valence-electron chi connectivity index (χ4n) is 3.27. The molecule has 0 saturated heterocycles. The van der Waals surface area contributed by atoms with Gasteiger partial charge in [-0.05, 0) is 60.2 Å². The fraction of sp³-hybridized carbons (Fsp3) is 0.111. The number of hydrogen-bond donors (Lipinski definition) is 0. The van der Waals surface area contributed by atoms with E-state index in [1.54, 1.807) is 62.8 Å². The SMILES string of the molecule is COc1ccc(Oc2coc3cc(OC(=O)C=Cc4ccc(OC)c(OC)c4)ccc3c2=O)cc1. The zero-order valence-electron chi connectivity index (χ0n) is 19.3. The summed E-state index contributed by atoms with van der Waals surface area (Å²) in [4.78, 5) is 25.1. The molecule has 0 amide bonds. The van der Waals surface area contributed by atoms with Crippen LogP contribution < -0.4 is 29.1 Å². The zero-order chi connectivity index (χ0) is 24.8. The van der Waals surface area contributed by atoms with Crippen LogP contribution in [-0.2, 0) is 4.79 Å². The molecule has 4 aromatic rings. The summed E-state index contributed by atoms with van der Waals surface area (Å²) in [5.41, 5.74) is 0.632. The second-order valence-electron chi connectivity index (χ2n) is 7.23. The van der Waals surface area contributed by atoms with Gasteiger partial charge in [-0.3, -0.25) is 4.79 Å². The van der Waals surface area contributed by atoms with Crippen LogP contribution in [0.5, 0.6) is 34.5 Å². The first-order chi connectivity index (χ1) is 17.0. The average molecular weight is 474 g/mol. The molecule has 0 spiro atoms. The molecule has 178 valence electrons. The predicted molar refractivity (Wildman–Crippen MR) is 130 cm³/mol. The third-order valence-corrected chi connectivity index (χ3v) is 5.04. The number of rotatable bonds is 8. The first kappa shape index (κ1) is 23.4. The van der Waals surface area contributed by atoms with Crippen molar-refractivity contribution in [3.8, 4) is 34.5 Å². The van der Waals surface area contributed by atoms with E-state index >= 15 is 0 Å². The van der Waals surface area contributed by atoms with Crippen molar-refractivity contribution in [2.45, 2.75) is 0 Å². The van der Waals surface area contributed by atoms with Crippen molar-refractivity contribution >= 4 is 23.0 Å². The van der Waals surface area contributed by atoms with Gasteiger partial charge in [-0.1, -0.05) is 6.07 Å². The maximum Gasteiger partial charge on any atom is 0.336 e. The highest BCUT2D eigenvalue weighted by molar-refractivity contribution is 5.89. The van der Waals surface area contributed by atoms with Gasteiger partial charge in [-0.2, -0.15) is 0 Å². The minimum absolute atomic E-state index is 0.0327. The maximum absolute atomic E-state index is 12.8. The molecule has 1 aromatic heterocycles. The zero-order valence-corrected chi connectivity index (χ0v) is 19.3. The van der Waals surface area contributed by atoms with Gasteiger partial charge in [-0.15, -0.1) is 0 Å². The van der Waals surface area contributed by atoms with Crippen molar-refractivity contribution in [3.05, 3.63) is 88.8 Å². The molecule has 0 atom stereocenters. The van der Waals surface area contributed by atoms with Crippen LogP contribution in [0.1, 0.15) is 5.56 Å². The van der Waals surface area contributed by atoms with E-state index in [2.05, 4.69) is 0 Å². The van der Waals surface area contributed by atoms with Crippen LogP contribution in [0.4, 0.5) is 0 Å². The summed E-state index contributed by atoms with van der Waals surface area (Å²) in [7, 11) is 4.64. The second kappa shape index (κ2) is 10.5. The van der Waals surface area contributed by atoms with Crippen molar-refractivity contribution in [3.63, 3.8) is 0 Å². The molecule has 8 nitrogen and oxygen atoms in total. The van der Waals surface area contributed by atoms with Gasteiger partial charge in [0.05, 0.1) is 26.7 Å². The molecule has 1 heterocycles. The summed E-state index contributed by atoms with van der Waals surface area (Å²) in [6.07, 6.45) is 4.10. The molecule has 0 radical (unpaired) electrons. The highest BCUT2D eigenvalue weighted by atomic mass is 16.5. The molecule has 0 aliphatic heterocycles. The van der Waals surface area contributed by atoms with Crippen molar-refractivity contribution in [2.75, 3.05) is 21.3 Å². The van der Waals surface area contributed by atoms with Gasteiger partial charge in [0, 0.05) is 12.1 Å². The topological polar surface area (TPSA) is 93.4 Å². The van der Waals surface area contributed by atoms with Gasteiger partial charge in [-0.25, -0.2) is 4.79 Å². The number of carbonyl (C=O) groups is 1. The lowest BCUT2D eigenvalue weighted by Gasteiger charge is -2.08. The molecule has 0 saturated carbocycles. The first-order valence-electron chi connectivity index (χ1n) is 10.5. The highest BCUT2D eigenvalue weighted by Crippen LogP contribution is 2.28. The predicted octanol–water partition coefficient (Wildman–Crippen LogP) is 5.23. The number of methoxy groups -OCH3 is 3. The fourth-order valence-corrected chi connectivity index (χ4v) is 3.27. The summed E-state index contributed by atoms with van der Waals surface area (Å²) >= 11 is 0. The Labute approximate surface area is 200 Å². The number of benzene rings is 3. The van der Waals surface area contributed by atoms with Gasteiger partial charge in [0.15, 0.2) is 11.5 Å². The van der Waals surface area contributed by atoms with Crippen molar-refractivity contribution < 1.29 is 32.9 Å². The summed E-state index contributed by atoms with van der Waals surface area (Å²) < 4.78 is 32.1. The van der Waals surface area contributed by atoms with Crippen LogP contribution in [0.15, 0.2) is 82.2 Å². The van der Waals surface area contributed by atoms with Crippen LogP contribution in [0.3, 0.4) is 0 Å². The van der Waals surface area contributed by atoms with E-state index in [1.807, 2.05) is 0 Å².